The molecule has 5 heteroatoms. The number of rotatable bonds is 2. The number of aromatic nitrogens is 2. The molecule has 0 saturated carbocycles. The first kappa shape index (κ1) is 17.0. The first-order valence-corrected chi connectivity index (χ1v) is 9.25. The van der Waals surface area contributed by atoms with Crippen molar-refractivity contribution >= 4 is 33.2 Å². The fraction of sp³-hybridized carbons (Fsp3) is 0. The van der Waals surface area contributed by atoms with E-state index in [1.807, 2.05) is 60.7 Å². The molecule has 140 valence electrons. The van der Waals surface area contributed by atoms with Gasteiger partial charge < -0.3 is 16.6 Å². The Morgan fingerprint density at radius 3 is 2.17 bits per heavy atom. The monoisotopic (exact) mass is 378 g/mol. The van der Waals surface area contributed by atoms with Gasteiger partial charge in [-0.1, -0.05) is 60.7 Å². The highest BCUT2D eigenvalue weighted by molar-refractivity contribution is 6.03. The van der Waals surface area contributed by atoms with E-state index in [0.717, 1.165) is 32.7 Å². The molecule has 1 aromatic heterocycles. The Bertz CT molecular complexity index is 1390. The number of phenolic OH excluding ortho intramolecular Hbond substituents is 1. The Balaban J connectivity index is 1.76. The number of hydrogen-bond acceptors (Lipinski definition) is 5. The highest BCUT2D eigenvalue weighted by atomic mass is 16.3. The van der Waals surface area contributed by atoms with Crippen molar-refractivity contribution in [2.24, 2.45) is 0 Å². The van der Waals surface area contributed by atoms with Crippen molar-refractivity contribution in [1.29, 1.82) is 0 Å². The van der Waals surface area contributed by atoms with Gasteiger partial charge in [0.1, 0.15) is 11.4 Å². The topological polar surface area (TPSA) is 98.0 Å². The maximum atomic E-state index is 10.2. The summed E-state index contributed by atoms with van der Waals surface area (Å²) in [5.41, 5.74) is 15.9. The smallest absolute Gasteiger partial charge is 0.221 e. The predicted molar refractivity (Wildman–Crippen MR) is 118 cm³/mol. The van der Waals surface area contributed by atoms with Crippen LogP contribution >= 0.6 is 0 Å². The van der Waals surface area contributed by atoms with E-state index in [0.29, 0.717) is 17.1 Å². The maximum Gasteiger partial charge on any atom is 0.221 e. The standard InChI is InChI=1S/C24H18N4O/c25-21-22(16-10-9-14-5-1-2-6-15(14)13-16)27-24(26)28-23(21)19-11-12-20(29)18-8-4-3-7-17(18)19/h1-13,29H,25H2,(H2,26,27,28). The molecule has 5 aromatic rings. The number of hydrogen-bond donors (Lipinski definition) is 3. The van der Waals surface area contributed by atoms with E-state index in [1.54, 1.807) is 12.1 Å². The van der Waals surface area contributed by atoms with Gasteiger partial charge >= 0.3 is 0 Å². The molecule has 1 heterocycles. The van der Waals surface area contributed by atoms with Crippen molar-refractivity contribution < 1.29 is 5.11 Å². The van der Waals surface area contributed by atoms with Crippen molar-refractivity contribution in [2.75, 3.05) is 11.5 Å². The zero-order valence-electron chi connectivity index (χ0n) is 15.5. The third kappa shape index (κ3) is 2.80. The molecule has 0 saturated heterocycles. The van der Waals surface area contributed by atoms with Crippen LogP contribution in [0.15, 0.2) is 78.9 Å². The third-order valence-electron chi connectivity index (χ3n) is 5.14. The van der Waals surface area contributed by atoms with E-state index in [1.165, 1.54) is 0 Å². The molecule has 0 aliphatic heterocycles. The van der Waals surface area contributed by atoms with Crippen LogP contribution in [0.4, 0.5) is 11.6 Å². The first-order chi connectivity index (χ1) is 14.1. The molecule has 4 aromatic carbocycles. The van der Waals surface area contributed by atoms with Gasteiger partial charge in [0, 0.05) is 16.5 Å². The molecule has 5 rings (SSSR count). The summed E-state index contributed by atoms with van der Waals surface area (Å²) in [6, 6.07) is 25.2. The molecule has 29 heavy (non-hydrogen) atoms. The summed E-state index contributed by atoms with van der Waals surface area (Å²) in [5.74, 6) is 0.356. The van der Waals surface area contributed by atoms with Crippen LogP contribution in [0.5, 0.6) is 5.75 Å². The van der Waals surface area contributed by atoms with Gasteiger partial charge in [0.25, 0.3) is 0 Å². The van der Waals surface area contributed by atoms with Gasteiger partial charge in [0.2, 0.25) is 5.95 Å². The quantitative estimate of drug-likeness (QED) is 0.402. The second-order valence-corrected chi connectivity index (χ2v) is 6.93. The molecule has 0 fully saturated rings. The lowest BCUT2D eigenvalue weighted by Gasteiger charge is -2.14. The molecule has 5 N–H and O–H groups in total. The van der Waals surface area contributed by atoms with E-state index in [2.05, 4.69) is 16.0 Å². The van der Waals surface area contributed by atoms with Crippen LogP contribution in [0.1, 0.15) is 0 Å². The van der Waals surface area contributed by atoms with Gasteiger partial charge in [-0.15, -0.1) is 0 Å². The van der Waals surface area contributed by atoms with E-state index in [-0.39, 0.29) is 11.7 Å². The molecule has 0 radical (unpaired) electrons. The molecule has 0 amide bonds. The molecule has 5 nitrogen and oxygen atoms in total. The fourth-order valence-corrected chi connectivity index (χ4v) is 3.74. The maximum absolute atomic E-state index is 10.2. The largest absolute Gasteiger partial charge is 0.507 e. The molecular formula is C24H18N4O. The molecule has 0 atom stereocenters. The van der Waals surface area contributed by atoms with Crippen LogP contribution in [-0.4, -0.2) is 15.1 Å². The van der Waals surface area contributed by atoms with Crippen molar-refractivity contribution in [2.45, 2.75) is 0 Å². The first-order valence-electron chi connectivity index (χ1n) is 9.25. The Hall–Kier alpha value is -4.12. The highest BCUT2D eigenvalue weighted by Crippen LogP contribution is 2.39. The minimum absolute atomic E-state index is 0.148. The number of nitrogen functional groups attached to an aromatic ring is 2. The van der Waals surface area contributed by atoms with Crippen molar-refractivity contribution in [3.8, 4) is 28.3 Å². The van der Waals surface area contributed by atoms with Gasteiger partial charge in [-0.05, 0) is 34.4 Å². The Labute approximate surface area is 167 Å². The number of nitrogens with two attached hydrogens (primary N) is 2. The predicted octanol–water partition coefficient (Wildman–Crippen LogP) is 4.99. The summed E-state index contributed by atoms with van der Waals surface area (Å²) in [6.07, 6.45) is 0. The van der Waals surface area contributed by atoms with Crippen molar-refractivity contribution in [3.63, 3.8) is 0 Å². The Morgan fingerprint density at radius 1 is 0.655 bits per heavy atom. The SMILES string of the molecule is Nc1nc(-c2ccc3ccccc3c2)c(N)c(-c2ccc(O)c3ccccc23)n1. The number of aromatic hydroxyl groups is 1. The Morgan fingerprint density at radius 2 is 1.34 bits per heavy atom. The minimum atomic E-state index is 0.148. The fourth-order valence-electron chi connectivity index (χ4n) is 3.74. The van der Waals surface area contributed by atoms with Gasteiger partial charge in [-0.25, -0.2) is 9.97 Å². The summed E-state index contributed by atoms with van der Waals surface area (Å²) in [7, 11) is 0. The van der Waals surface area contributed by atoms with Gasteiger partial charge in [0.05, 0.1) is 11.4 Å². The molecule has 0 spiro atoms. The zero-order valence-corrected chi connectivity index (χ0v) is 15.5. The molecule has 0 unspecified atom stereocenters. The number of benzene rings is 4. The van der Waals surface area contributed by atoms with E-state index >= 15 is 0 Å². The lowest BCUT2D eigenvalue weighted by Crippen LogP contribution is -2.05. The van der Waals surface area contributed by atoms with Gasteiger partial charge in [-0.2, -0.15) is 0 Å². The van der Waals surface area contributed by atoms with E-state index in [4.69, 9.17) is 11.5 Å². The van der Waals surface area contributed by atoms with Crippen molar-refractivity contribution in [1.82, 2.24) is 9.97 Å². The summed E-state index contributed by atoms with van der Waals surface area (Å²) in [4.78, 5) is 8.86. The van der Waals surface area contributed by atoms with Gasteiger partial charge in [-0.3, -0.25) is 0 Å². The summed E-state index contributed by atoms with van der Waals surface area (Å²) in [6.45, 7) is 0. The van der Waals surface area contributed by atoms with Crippen molar-refractivity contribution in [3.05, 3.63) is 78.9 Å². The van der Waals surface area contributed by atoms with Crippen LogP contribution in [-0.2, 0) is 0 Å². The van der Waals surface area contributed by atoms with E-state index < -0.39 is 0 Å². The summed E-state index contributed by atoms with van der Waals surface area (Å²) in [5, 5.41) is 14.0. The number of fused-ring (bicyclic) bond motifs is 2. The van der Waals surface area contributed by atoms with Crippen LogP contribution in [0.25, 0.3) is 44.1 Å². The molecule has 0 aliphatic carbocycles. The Kier molecular flexibility index (Phi) is 3.81. The molecular weight excluding hydrogens is 360 g/mol. The van der Waals surface area contributed by atoms with E-state index in [9.17, 15) is 5.11 Å². The van der Waals surface area contributed by atoms with Crippen LogP contribution in [0.2, 0.25) is 0 Å². The lowest BCUT2D eigenvalue weighted by molar-refractivity contribution is 0.481. The second kappa shape index (κ2) is 6.49. The summed E-state index contributed by atoms with van der Waals surface area (Å²) >= 11 is 0. The number of anilines is 2. The summed E-state index contributed by atoms with van der Waals surface area (Å²) < 4.78 is 0. The normalized spacial score (nSPS) is 11.2. The third-order valence-corrected chi connectivity index (χ3v) is 5.14. The minimum Gasteiger partial charge on any atom is -0.507 e. The van der Waals surface area contributed by atoms with Crippen LogP contribution in [0, 0.1) is 0 Å². The highest BCUT2D eigenvalue weighted by Gasteiger charge is 2.17. The number of phenols is 1. The average Bonchev–Trinajstić information content (AvgIpc) is 2.75. The lowest BCUT2D eigenvalue weighted by atomic mass is 9.98. The van der Waals surface area contributed by atoms with Crippen LogP contribution < -0.4 is 11.5 Å². The molecule has 0 bridgehead atoms. The second-order valence-electron chi connectivity index (χ2n) is 6.93. The van der Waals surface area contributed by atoms with Gasteiger partial charge in [0.15, 0.2) is 0 Å². The zero-order chi connectivity index (χ0) is 20.0. The molecule has 0 aliphatic rings. The average molecular weight is 378 g/mol. The van der Waals surface area contributed by atoms with Crippen LogP contribution in [0.3, 0.4) is 0 Å². The number of nitrogens with zero attached hydrogens (tertiary/aromatic N) is 2.